The molecule has 0 aliphatic rings. The van der Waals surface area contributed by atoms with Crippen LogP contribution in [0.3, 0.4) is 0 Å². The number of aromatic amines is 1. The Balaban J connectivity index is 3.28. The van der Waals surface area contributed by atoms with Crippen molar-refractivity contribution in [1.82, 2.24) is 9.55 Å². The minimum atomic E-state index is -0.656. The lowest BCUT2D eigenvalue weighted by Crippen LogP contribution is -2.34. The quantitative estimate of drug-likeness (QED) is 0.778. The lowest BCUT2D eigenvalue weighted by atomic mass is 10.2. The standard InChI is InChI=1S/C10H13N3O3/c1-3-8(6-16-2)13-5-7(4-11)9(14)12-10(13)15/h5,8H,3,6H2,1-2H3,(H,12,14,15). The van der Waals surface area contributed by atoms with Crippen molar-refractivity contribution in [2.45, 2.75) is 19.4 Å². The summed E-state index contributed by atoms with van der Waals surface area (Å²) in [6.45, 7) is 2.25. The number of hydrogen-bond acceptors (Lipinski definition) is 4. The predicted octanol–water partition coefficient (Wildman–Crippen LogP) is 0.00578. The molecule has 86 valence electrons. The van der Waals surface area contributed by atoms with Gasteiger partial charge in [0.2, 0.25) is 0 Å². The number of nitrogens with one attached hydrogen (secondary N) is 1. The van der Waals surface area contributed by atoms with Crippen LogP contribution < -0.4 is 11.2 Å². The van der Waals surface area contributed by atoms with Crippen molar-refractivity contribution in [2.75, 3.05) is 13.7 Å². The Kier molecular flexibility index (Phi) is 4.03. The normalized spacial score (nSPS) is 12.1. The molecule has 0 aliphatic carbocycles. The monoisotopic (exact) mass is 223 g/mol. The summed E-state index contributed by atoms with van der Waals surface area (Å²) in [7, 11) is 1.53. The van der Waals surface area contributed by atoms with Gasteiger partial charge in [-0.05, 0) is 6.42 Å². The molecule has 0 radical (unpaired) electrons. The van der Waals surface area contributed by atoms with Gasteiger partial charge in [0.25, 0.3) is 5.56 Å². The van der Waals surface area contributed by atoms with Gasteiger partial charge in [0.15, 0.2) is 0 Å². The molecule has 0 bridgehead atoms. The molecule has 1 atom stereocenters. The highest BCUT2D eigenvalue weighted by molar-refractivity contribution is 5.21. The number of H-pyrrole nitrogens is 1. The van der Waals surface area contributed by atoms with E-state index >= 15 is 0 Å². The molecule has 16 heavy (non-hydrogen) atoms. The van der Waals surface area contributed by atoms with E-state index in [1.165, 1.54) is 17.9 Å². The molecule has 0 saturated heterocycles. The number of nitriles is 1. The summed E-state index contributed by atoms with van der Waals surface area (Å²) in [5.74, 6) is 0. The van der Waals surface area contributed by atoms with Gasteiger partial charge in [-0.15, -0.1) is 0 Å². The molecule has 0 fully saturated rings. The van der Waals surface area contributed by atoms with E-state index in [4.69, 9.17) is 10.00 Å². The number of ether oxygens (including phenoxy) is 1. The number of nitrogens with zero attached hydrogens (tertiary/aromatic N) is 2. The first kappa shape index (κ1) is 12.2. The van der Waals surface area contributed by atoms with E-state index in [0.717, 1.165) is 0 Å². The van der Waals surface area contributed by atoms with Crippen LogP contribution in [0.4, 0.5) is 0 Å². The number of hydrogen-bond donors (Lipinski definition) is 1. The molecule has 1 unspecified atom stereocenters. The van der Waals surface area contributed by atoms with E-state index in [1.54, 1.807) is 6.07 Å². The van der Waals surface area contributed by atoms with E-state index < -0.39 is 11.2 Å². The Labute approximate surface area is 92.1 Å². The van der Waals surface area contributed by atoms with Crippen LogP contribution in [-0.2, 0) is 4.74 Å². The topological polar surface area (TPSA) is 87.9 Å². The van der Waals surface area contributed by atoms with Gasteiger partial charge in [-0.1, -0.05) is 6.92 Å². The molecule has 0 spiro atoms. The lowest BCUT2D eigenvalue weighted by Gasteiger charge is -2.16. The second-order valence-corrected chi connectivity index (χ2v) is 3.34. The van der Waals surface area contributed by atoms with E-state index in [0.29, 0.717) is 13.0 Å². The summed E-state index contributed by atoms with van der Waals surface area (Å²) < 4.78 is 6.30. The second-order valence-electron chi connectivity index (χ2n) is 3.34. The molecular weight excluding hydrogens is 210 g/mol. The molecule has 0 saturated carbocycles. The third kappa shape index (κ3) is 2.38. The number of rotatable bonds is 4. The van der Waals surface area contributed by atoms with Crippen molar-refractivity contribution >= 4 is 0 Å². The first-order valence-electron chi connectivity index (χ1n) is 4.88. The molecule has 1 rings (SSSR count). The van der Waals surface area contributed by atoms with Crippen molar-refractivity contribution in [3.05, 3.63) is 32.6 Å². The van der Waals surface area contributed by atoms with E-state index in [1.807, 2.05) is 6.92 Å². The van der Waals surface area contributed by atoms with Gasteiger partial charge in [0, 0.05) is 13.3 Å². The summed E-state index contributed by atoms with van der Waals surface area (Å²) >= 11 is 0. The van der Waals surface area contributed by atoms with Crippen LogP contribution in [0.25, 0.3) is 0 Å². The molecule has 1 N–H and O–H groups in total. The fourth-order valence-corrected chi connectivity index (χ4v) is 1.42. The van der Waals surface area contributed by atoms with Crippen molar-refractivity contribution < 1.29 is 4.74 Å². The summed E-state index contributed by atoms with van der Waals surface area (Å²) in [4.78, 5) is 24.8. The molecule has 6 nitrogen and oxygen atoms in total. The van der Waals surface area contributed by atoms with E-state index in [2.05, 4.69) is 4.98 Å². The van der Waals surface area contributed by atoms with Gasteiger partial charge in [0.1, 0.15) is 11.6 Å². The molecule has 0 amide bonds. The van der Waals surface area contributed by atoms with Crippen molar-refractivity contribution in [3.8, 4) is 6.07 Å². The van der Waals surface area contributed by atoms with Crippen LogP contribution in [0.2, 0.25) is 0 Å². The minimum absolute atomic E-state index is 0.0749. The lowest BCUT2D eigenvalue weighted by molar-refractivity contribution is 0.150. The average Bonchev–Trinajstić information content (AvgIpc) is 2.27. The average molecular weight is 223 g/mol. The molecule has 6 heteroatoms. The van der Waals surface area contributed by atoms with Crippen LogP contribution in [0.15, 0.2) is 15.8 Å². The fraction of sp³-hybridized carbons (Fsp3) is 0.500. The maximum atomic E-state index is 11.5. The van der Waals surface area contributed by atoms with E-state index in [9.17, 15) is 9.59 Å². The first-order valence-corrected chi connectivity index (χ1v) is 4.88. The first-order chi connectivity index (χ1) is 7.63. The molecule has 1 aromatic heterocycles. The van der Waals surface area contributed by atoms with Gasteiger partial charge >= 0.3 is 5.69 Å². The van der Waals surface area contributed by atoms with Gasteiger partial charge in [-0.3, -0.25) is 14.3 Å². The van der Waals surface area contributed by atoms with Crippen LogP contribution in [-0.4, -0.2) is 23.3 Å². The van der Waals surface area contributed by atoms with Gasteiger partial charge in [-0.25, -0.2) is 4.79 Å². The number of methoxy groups -OCH3 is 1. The zero-order valence-electron chi connectivity index (χ0n) is 9.19. The maximum Gasteiger partial charge on any atom is 0.328 e. The summed E-state index contributed by atoms with van der Waals surface area (Å²) in [5.41, 5.74) is -1.25. The van der Waals surface area contributed by atoms with Gasteiger partial charge in [-0.2, -0.15) is 5.26 Å². The number of aromatic nitrogens is 2. The summed E-state index contributed by atoms with van der Waals surface area (Å²) in [6.07, 6.45) is 1.94. The van der Waals surface area contributed by atoms with Crippen molar-refractivity contribution in [2.24, 2.45) is 0 Å². The highest BCUT2D eigenvalue weighted by Gasteiger charge is 2.12. The Morgan fingerprint density at radius 2 is 2.31 bits per heavy atom. The highest BCUT2D eigenvalue weighted by atomic mass is 16.5. The highest BCUT2D eigenvalue weighted by Crippen LogP contribution is 2.07. The molecular formula is C10H13N3O3. The zero-order valence-corrected chi connectivity index (χ0v) is 9.19. The molecule has 0 aliphatic heterocycles. The largest absolute Gasteiger partial charge is 0.383 e. The predicted molar refractivity (Wildman–Crippen MR) is 57.2 cm³/mol. The zero-order chi connectivity index (χ0) is 12.1. The third-order valence-corrected chi connectivity index (χ3v) is 2.31. The Bertz CT molecular complexity index is 509. The summed E-state index contributed by atoms with van der Waals surface area (Å²) in [5, 5.41) is 8.70. The van der Waals surface area contributed by atoms with Crippen LogP contribution in [0.5, 0.6) is 0 Å². The van der Waals surface area contributed by atoms with Gasteiger partial charge < -0.3 is 4.74 Å². The van der Waals surface area contributed by atoms with Crippen LogP contribution in [0, 0.1) is 11.3 Å². The Hall–Kier alpha value is -1.87. The Morgan fingerprint density at radius 1 is 1.62 bits per heavy atom. The maximum absolute atomic E-state index is 11.5. The second kappa shape index (κ2) is 5.28. The molecule has 0 aromatic carbocycles. The SMILES string of the molecule is CCC(COC)n1cc(C#N)c(=O)[nH]c1=O. The molecule has 1 aromatic rings. The molecule has 1 heterocycles. The van der Waals surface area contributed by atoms with Crippen molar-refractivity contribution in [3.63, 3.8) is 0 Å². The van der Waals surface area contributed by atoms with Crippen LogP contribution in [0.1, 0.15) is 24.9 Å². The van der Waals surface area contributed by atoms with Crippen molar-refractivity contribution in [1.29, 1.82) is 5.26 Å². The summed E-state index contributed by atoms with van der Waals surface area (Å²) in [6, 6.07) is 1.56. The third-order valence-electron chi connectivity index (χ3n) is 2.31. The minimum Gasteiger partial charge on any atom is -0.383 e. The smallest absolute Gasteiger partial charge is 0.328 e. The van der Waals surface area contributed by atoms with E-state index in [-0.39, 0.29) is 11.6 Å². The van der Waals surface area contributed by atoms with Crippen LogP contribution >= 0.6 is 0 Å². The van der Waals surface area contributed by atoms with Gasteiger partial charge in [0.05, 0.1) is 12.6 Å². The Morgan fingerprint density at radius 3 is 2.81 bits per heavy atom. The fourth-order valence-electron chi connectivity index (χ4n) is 1.42.